The van der Waals surface area contributed by atoms with Gasteiger partial charge in [-0.1, -0.05) is 0 Å². The van der Waals surface area contributed by atoms with Gasteiger partial charge in [-0.15, -0.1) is 0 Å². The van der Waals surface area contributed by atoms with E-state index in [2.05, 4.69) is 10.4 Å². The summed E-state index contributed by atoms with van der Waals surface area (Å²) in [5, 5.41) is 7.31. The van der Waals surface area contributed by atoms with Gasteiger partial charge in [0.25, 0.3) is 5.91 Å². The molecule has 2 aromatic heterocycles. The molecule has 5 nitrogen and oxygen atoms in total. The van der Waals surface area contributed by atoms with Gasteiger partial charge in [0.15, 0.2) is 0 Å². The molecule has 1 aliphatic heterocycles. The zero-order chi connectivity index (χ0) is 13.4. The number of nitrogens with one attached hydrogen (secondary N) is 1. The lowest BCUT2D eigenvalue weighted by atomic mass is 10.0. The van der Waals surface area contributed by atoms with Crippen molar-refractivity contribution < 1.29 is 9.21 Å². The van der Waals surface area contributed by atoms with Crippen LogP contribution in [0.3, 0.4) is 0 Å². The molecule has 1 unspecified atom stereocenters. The molecule has 0 bridgehead atoms. The third-order valence-corrected chi connectivity index (χ3v) is 3.57. The number of furan rings is 1. The molecule has 0 aromatic carbocycles. The van der Waals surface area contributed by atoms with Crippen molar-refractivity contribution in [2.24, 2.45) is 0 Å². The number of aromatic nitrogens is 2. The van der Waals surface area contributed by atoms with Crippen LogP contribution in [0.2, 0.25) is 0 Å². The van der Waals surface area contributed by atoms with Crippen molar-refractivity contribution in [3.63, 3.8) is 0 Å². The molecule has 100 valence electrons. The summed E-state index contributed by atoms with van der Waals surface area (Å²) in [5.74, 6) is 1.40. The third kappa shape index (κ3) is 2.28. The topological polar surface area (TPSA) is 60.1 Å². The van der Waals surface area contributed by atoms with Gasteiger partial charge in [-0.25, -0.2) is 0 Å². The quantitative estimate of drug-likeness (QED) is 0.895. The average Bonchev–Trinajstić information content (AvgIpc) is 2.94. The SMILES string of the molecule is Cc1cc(C(=O)NC2CCn3nccc3C2)c(C)o1. The fourth-order valence-corrected chi connectivity index (χ4v) is 2.61. The molecule has 1 amide bonds. The number of hydrogen-bond acceptors (Lipinski definition) is 3. The second-order valence-corrected chi connectivity index (χ2v) is 5.04. The Labute approximate surface area is 111 Å². The van der Waals surface area contributed by atoms with Crippen LogP contribution in [0.5, 0.6) is 0 Å². The summed E-state index contributed by atoms with van der Waals surface area (Å²) < 4.78 is 7.39. The first-order valence-electron chi connectivity index (χ1n) is 6.52. The maximum atomic E-state index is 12.2. The first-order valence-corrected chi connectivity index (χ1v) is 6.52. The molecule has 2 aromatic rings. The van der Waals surface area contributed by atoms with Crippen LogP contribution in [0.15, 0.2) is 22.7 Å². The molecule has 1 atom stereocenters. The highest BCUT2D eigenvalue weighted by Gasteiger charge is 2.22. The van der Waals surface area contributed by atoms with Crippen molar-refractivity contribution in [1.29, 1.82) is 0 Å². The van der Waals surface area contributed by atoms with E-state index in [1.54, 1.807) is 6.07 Å². The van der Waals surface area contributed by atoms with Crippen LogP contribution in [0.4, 0.5) is 0 Å². The third-order valence-electron chi connectivity index (χ3n) is 3.57. The van der Waals surface area contributed by atoms with Crippen molar-refractivity contribution >= 4 is 5.91 Å². The van der Waals surface area contributed by atoms with E-state index in [-0.39, 0.29) is 11.9 Å². The lowest BCUT2D eigenvalue weighted by molar-refractivity contribution is 0.0928. The number of amides is 1. The van der Waals surface area contributed by atoms with Crippen LogP contribution < -0.4 is 5.32 Å². The first-order chi connectivity index (χ1) is 9.13. The van der Waals surface area contributed by atoms with Crippen molar-refractivity contribution in [3.8, 4) is 0 Å². The van der Waals surface area contributed by atoms with E-state index in [4.69, 9.17) is 4.42 Å². The predicted molar refractivity (Wildman–Crippen MR) is 70.0 cm³/mol. The van der Waals surface area contributed by atoms with Gasteiger partial charge in [-0.3, -0.25) is 9.48 Å². The summed E-state index contributed by atoms with van der Waals surface area (Å²) >= 11 is 0. The summed E-state index contributed by atoms with van der Waals surface area (Å²) in [4.78, 5) is 12.2. The molecule has 1 N–H and O–H groups in total. The van der Waals surface area contributed by atoms with Crippen molar-refractivity contribution in [3.05, 3.63) is 41.1 Å². The van der Waals surface area contributed by atoms with Gasteiger partial charge >= 0.3 is 0 Å². The fraction of sp³-hybridized carbons (Fsp3) is 0.429. The van der Waals surface area contributed by atoms with E-state index in [1.807, 2.05) is 30.8 Å². The Morgan fingerprint density at radius 3 is 3.11 bits per heavy atom. The highest BCUT2D eigenvalue weighted by molar-refractivity contribution is 5.95. The Morgan fingerprint density at radius 2 is 2.37 bits per heavy atom. The minimum absolute atomic E-state index is 0.0488. The van der Waals surface area contributed by atoms with Gasteiger partial charge < -0.3 is 9.73 Å². The zero-order valence-electron chi connectivity index (χ0n) is 11.1. The van der Waals surface area contributed by atoms with E-state index in [0.29, 0.717) is 11.3 Å². The van der Waals surface area contributed by atoms with E-state index < -0.39 is 0 Å². The Morgan fingerprint density at radius 1 is 1.53 bits per heavy atom. The summed E-state index contributed by atoms with van der Waals surface area (Å²) in [6.07, 6.45) is 3.56. The molecule has 3 heterocycles. The molecule has 19 heavy (non-hydrogen) atoms. The first kappa shape index (κ1) is 12.0. The Hall–Kier alpha value is -2.04. The second-order valence-electron chi connectivity index (χ2n) is 5.04. The molecule has 1 aliphatic rings. The monoisotopic (exact) mass is 259 g/mol. The van der Waals surface area contributed by atoms with Crippen LogP contribution in [0.1, 0.15) is 34.0 Å². The summed E-state index contributed by atoms with van der Waals surface area (Å²) in [6.45, 7) is 4.53. The molecule has 0 saturated heterocycles. The molecule has 0 radical (unpaired) electrons. The molecule has 0 fully saturated rings. The zero-order valence-corrected chi connectivity index (χ0v) is 11.1. The van der Waals surface area contributed by atoms with Crippen LogP contribution in [-0.4, -0.2) is 21.7 Å². The molecule has 0 spiro atoms. The Balaban J connectivity index is 1.70. The van der Waals surface area contributed by atoms with Gasteiger partial charge in [0.2, 0.25) is 0 Å². The normalized spacial score (nSPS) is 18.1. The van der Waals surface area contributed by atoms with Crippen LogP contribution in [-0.2, 0) is 13.0 Å². The van der Waals surface area contributed by atoms with Crippen LogP contribution in [0.25, 0.3) is 0 Å². The lowest BCUT2D eigenvalue weighted by Crippen LogP contribution is -2.40. The minimum atomic E-state index is -0.0488. The maximum absolute atomic E-state index is 12.2. The number of rotatable bonds is 2. The number of hydrogen-bond donors (Lipinski definition) is 1. The largest absolute Gasteiger partial charge is 0.466 e. The second kappa shape index (κ2) is 4.57. The van der Waals surface area contributed by atoms with E-state index in [1.165, 1.54) is 5.69 Å². The summed E-state index contributed by atoms with van der Waals surface area (Å²) in [6, 6.07) is 3.97. The van der Waals surface area contributed by atoms with Gasteiger partial charge in [0.1, 0.15) is 11.5 Å². The van der Waals surface area contributed by atoms with E-state index >= 15 is 0 Å². The molecule has 5 heteroatoms. The lowest BCUT2D eigenvalue weighted by Gasteiger charge is -2.24. The number of carbonyl (C=O) groups is 1. The number of fused-ring (bicyclic) bond motifs is 1. The standard InChI is InChI=1S/C14H17N3O2/c1-9-7-13(10(2)19-9)14(18)16-11-4-6-17-12(8-11)3-5-15-17/h3,5,7,11H,4,6,8H2,1-2H3,(H,16,18). The van der Waals surface area contributed by atoms with E-state index in [0.717, 1.165) is 25.1 Å². The van der Waals surface area contributed by atoms with Gasteiger partial charge in [-0.2, -0.15) is 5.10 Å². The van der Waals surface area contributed by atoms with E-state index in [9.17, 15) is 4.79 Å². The highest BCUT2D eigenvalue weighted by Crippen LogP contribution is 2.17. The predicted octanol–water partition coefficient (Wildman–Crippen LogP) is 1.84. The molecule has 0 saturated carbocycles. The molecular weight excluding hydrogens is 242 g/mol. The fourth-order valence-electron chi connectivity index (χ4n) is 2.61. The maximum Gasteiger partial charge on any atom is 0.255 e. The van der Waals surface area contributed by atoms with Gasteiger partial charge in [0.05, 0.1) is 5.56 Å². The minimum Gasteiger partial charge on any atom is -0.466 e. The number of nitrogens with zero attached hydrogens (tertiary/aromatic N) is 2. The summed E-state index contributed by atoms with van der Waals surface area (Å²) in [5.41, 5.74) is 1.81. The van der Waals surface area contributed by atoms with Crippen molar-refractivity contribution in [2.75, 3.05) is 0 Å². The molecule has 0 aliphatic carbocycles. The Kier molecular flexibility index (Phi) is 2.89. The van der Waals surface area contributed by atoms with Crippen molar-refractivity contribution in [1.82, 2.24) is 15.1 Å². The smallest absolute Gasteiger partial charge is 0.255 e. The Bertz CT molecular complexity index is 612. The van der Waals surface area contributed by atoms with Crippen LogP contribution in [0, 0.1) is 13.8 Å². The number of aryl methyl sites for hydroxylation is 3. The van der Waals surface area contributed by atoms with Gasteiger partial charge in [-0.05, 0) is 32.4 Å². The van der Waals surface area contributed by atoms with Crippen LogP contribution >= 0.6 is 0 Å². The molecular formula is C14H17N3O2. The number of carbonyl (C=O) groups excluding carboxylic acids is 1. The molecule has 3 rings (SSSR count). The average molecular weight is 259 g/mol. The van der Waals surface area contributed by atoms with Gasteiger partial charge in [0, 0.05) is 30.9 Å². The highest BCUT2D eigenvalue weighted by atomic mass is 16.3. The van der Waals surface area contributed by atoms with Crippen molar-refractivity contribution in [2.45, 2.75) is 39.3 Å². The summed E-state index contributed by atoms with van der Waals surface area (Å²) in [7, 11) is 0.